The Morgan fingerprint density at radius 1 is 1.37 bits per heavy atom. The maximum atomic E-state index is 5.35. The lowest BCUT2D eigenvalue weighted by Gasteiger charge is -2.16. The Balaban J connectivity index is 1.81. The molecule has 0 aromatic carbocycles. The Morgan fingerprint density at radius 3 is 2.68 bits per heavy atom. The molecule has 1 atom stereocenters. The molecule has 1 fully saturated rings. The lowest BCUT2D eigenvalue weighted by Crippen LogP contribution is -2.29. The highest BCUT2D eigenvalue weighted by Crippen LogP contribution is 2.33. The van der Waals surface area contributed by atoms with E-state index in [1.165, 1.54) is 12.8 Å². The van der Waals surface area contributed by atoms with Crippen LogP contribution in [0.2, 0.25) is 0 Å². The normalized spacial score (nSPS) is 17.1. The van der Waals surface area contributed by atoms with Crippen molar-refractivity contribution in [3.05, 3.63) is 11.7 Å². The smallest absolute Gasteiger partial charge is 0.228 e. The van der Waals surface area contributed by atoms with E-state index in [0.717, 1.165) is 50.1 Å². The van der Waals surface area contributed by atoms with Gasteiger partial charge in [-0.1, -0.05) is 19.0 Å². The zero-order chi connectivity index (χ0) is 13.7. The maximum absolute atomic E-state index is 5.35. The van der Waals surface area contributed by atoms with E-state index in [4.69, 9.17) is 4.52 Å². The van der Waals surface area contributed by atoms with E-state index in [2.05, 4.69) is 34.2 Å². The summed E-state index contributed by atoms with van der Waals surface area (Å²) in [4.78, 5) is 6.88. The van der Waals surface area contributed by atoms with Crippen molar-refractivity contribution < 1.29 is 4.52 Å². The number of hydrogen-bond donors (Lipinski definition) is 1. The number of hydrogen-bond acceptors (Lipinski definition) is 5. The minimum Gasteiger partial charge on any atom is -0.339 e. The van der Waals surface area contributed by atoms with Crippen LogP contribution in [0.3, 0.4) is 0 Å². The van der Waals surface area contributed by atoms with Crippen LogP contribution in [0.5, 0.6) is 0 Å². The third-order valence-electron chi connectivity index (χ3n) is 4.01. The van der Waals surface area contributed by atoms with Gasteiger partial charge < -0.3 is 14.7 Å². The van der Waals surface area contributed by atoms with Crippen LogP contribution in [0.15, 0.2) is 4.52 Å². The first-order valence-corrected chi connectivity index (χ1v) is 7.47. The minimum atomic E-state index is 0.496. The highest BCUT2D eigenvalue weighted by atomic mass is 16.5. The van der Waals surface area contributed by atoms with E-state index in [9.17, 15) is 0 Å². The van der Waals surface area contributed by atoms with Gasteiger partial charge in [-0.25, -0.2) is 0 Å². The quantitative estimate of drug-likeness (QED) is 0.734. The van der Waals surface area contributed by atoms with Gasteiger partial charge in [0.15, 0.2) is 5.82 Å². The van der Waals surface area contributed by atoms with E-state index >= 15 is 0 Å². The molecule has 1 aliphatic carbocycles. The predicted molar refractivity (Wildman–Crippen MR) is 75.1 cm³/mol. The van der Waals surface area contributed by atoms with Gasteiger partial charge in [-0.3, -0.25) is 0 Å². The molecule has 1 aromatic heterocycles. The number of aromatic nitrogens is 2. The summed E-state index contributed by atoms with van der Waals surface area (Å²) >= 11 is 0. The molecule has 1 saturated carbocycles. The number of nitrogens with one attached hydrogen (secondary N) is 1. The number of likely N-dealkylation sites (N-methyl/N-ethyl adjacent to an activating group) is 2. The summed E-state index contributed by atoms with van der Waals surface area (Å²) in [6.45, 7) is 7.51. The zero-order valence-corrected chi connectivity index (χ0v) is 12.4. The van der Waals surface area contributed by atoms with Crippen LogP contribution in [-0.4, -0.2) is 47.8 Å². The SMILES string of the molecule is CCN(CC)CCc1noc(CC(NC)C2CC2)n1. The molecule has 0 amide bonds. The topological polar surface area (TPSA) is 54.2 Å². The van der Waals surface area contributed by atoms with Gasteiger partial charge in [0, 0.05) is 25.4 Å². The van der Waals surface area contributed by atoms with Crippen molar-refractivity contribution in [2.24, 2.45) is 5.92 Å². The summed E-state index contributed by atoms with van der Waals surface area (Å²) in [6.07, 6.45) is 4.39. The first-order valence-electron chi connectivity index (χ1n) is 7.47. The van der Waals surface area contributed by atoms with Gasteiger partial charge >= 0.3 is 0 Å². The van der Waals surface area contributed by atoms with Crippen molar-refractivity contribution in [1.29, 1.82) is 0 Å². The third kappa shape index (κ3) is 4.28. The first kappa shape index (κ1) is 14.5. The Morgan fingerprint density at radius 2 is 2.11 bits per heavy atom. The van der Waals surface area contributed by atoms with E-state index in [-0.39, 0.29) is 0 Å². The van der Waals surface area contributed by atoms with Gasteiger partial charge in [0.2, 0.25) is 5.89 Å². The fraction of sp³-hybridized carbons (Fsp3) is 0.857. The molecule has 0 saturated heterocycles. The molecule has 0 aliphatic heterocycles. The van der Waals surface area contributed by atoms with Crippen LogP contribution >= 0.6 is 0 Å². The molecule has 1 aromatic rings. The molecule has 1 heterocycles. The van der Waals surface area contributed by atoms with Gasteiger partial charge in [0.05, 0.1) is 0 Å². The molecule has 108 valence electrons. The van der Waals surface area contributed by atoms with E-state index in [1.54, 1.807) is 0 Å². The van der Waals surface area contributed by atoms with E-state index in [0.29, 0.717) is 6.04 Å². The standard InChI is InChI=1S/C14H26N4O/c1-4-18(5-2)9-8-13-16-14(19-17-13)10-12(15-3)11-6-7-11/h11-12,15H,4-10H2,1-3H3. The highest BCUT2D eigenvalue weighted by molar-refractivity contribution is 4.95. The van der Waals surface area contributed by atoms with Gasteiger partial charge in [0.25, 0.3) is 0 Å². The molecular weight excluding hydrogens is 240 g/mol. The van der Waals surface area contributed by atoms with Crippen molar-refractivity contribution in [2.45, 2.75) is 45.6 Å². The molecule has 0 spiro atoms. The zero-order valence-electron chi connectivity index (χ0n) is 12.4. The summed E-state index contributed by atoms with van der Waals surface area (Å²) < 4.78 is 5.35. The monoisotopic (exact) mass is 266 g/mol. The van der Waals surface area contributed by atoms with Crippen LogP contribution in [-0.2, 0) is 12.8 Å². The van der Waals surface area contributed by atoms with Gasteiger partial charge in [-0.2, -0.15) is 4.98 Å². The molecule has 1 aliphatic rings. The molecule has 5 heteroatoms. The van der Waals surface area contributed by atoms with Gasteiger partial charge in [-0.15, -0.1) is 0 Å². The molecular formula is C14H26N4O. The number of nitrogens with zero attached hydrogens (tertiary/aromatic N) is 3. The van der Waals surface area contributed by atoms with E-state index < -0.39 is 0 Å². The second kappa shape index (κ2) is 7.01. The predicted octanol–water partition coefficient (Wildman–Crippen LogP) is 1.49. The Labute approximate surface area is 115 Å². The average molecular weight is 266 g/mol. The summed E-state index contributed by atoms with van der Waals surface area (Å²) in [5.74, 6) is 2.42. The van der Waals surface area contributed by atoms with Crippen molar-refractivity contribution in [2.75, 3.05) is 26.7 Å². The fourth-order valence-electron chi connectivity index (χ4n) is 2.46. The van der Waals surface area contributed by atoms with Crippen molar-refractivity contribution in [3.8, 4) is 0 Å². The van der Waals surface area contributed by atoms with Crippen molar-refractivity contribution >= 4 is 0 Å². The summed E-state index contributed by atoms with van der Waals surface area (Å²) in [7, 11) is 2.01. The lowest BCUT2D eigenvalue weighted by molar-refractivity contribution is 0.302. The second-order valence-electron chi connectivity index (χ2n) is 5.32. The first-order chi connectivity index (χ1) is 9.26. The molecule has 2 rings (SSSR count). The largest absolute Gasteiger partial charge is 0.339 e. The van der Waals surface area contributed by atoms with Crippen molar-refractivity contribution in [1.82, 2.24) is 20.4 Å². The lowest BCUT2D eigenvalue weighted by atomic mass is 10.1. The van der Waals surface area contributed by atoms with Crippen LogP contribution in [0.25, 0.3) is 0 Å². The Kier molecular flexibility index (Phi) is 5.34. The van der Waals surface area contributed by atoms with Crippen LogP contribution in [0.1, 0.15) is 38.4 Å². The van der Waals surface area contributed by atoms with Gasteiger partial charge in [0.1, 0.15) is 0 Å². The van der Waals surface area contributed by atoms with Gasteiger partial charge in [-0.05, 0) is 38.9 Å². The minimum absolute atomic E-state index is 0.496. The summed E-state index contributed by atoms with van der Waals surface area (Å²) in [6, 6.07) is 0.496. The maximum Gasteiger partial charge on any atom is 0.228 e. The summed E-state index contributed by atoms with van der Waals surface area (Å²) in [5.41, 5.74) is 0. The molecule has 1 unspecified atom stereocenters. The molecule has 0 radical (unpaired) electrons. The number of rotatable bonds is 9. The Bertz CT molecular complexity index is 371. The fourth-order valence-corrected chi connectivity index (χ4v) is 2.46. The third-order valence-corrected chi connectivity index (χ3v) is 4.01. The second-order valence-corrected chi connectivity index (χ2v) is 5.32. The Hall–Kier alpha value is -0.940. The van der Waals surface area contributed by atoms with Crippen LogP contribution in [0.4, 0.5) is 0 Å². The summed E-state index contributed by atoms with van der Waals surface area (Å²) in [5, 5.41) is 7.44. The van der Waals surface area contributed by atoms with E-state index in [1.807, 2.05) is 7.05 Å². The van der Waals surface area contributed by atoms with Crippen molar-refractivity contribution in [3.63, 3.8) is 0 Å². The average Bonchev–Trinajstić information content (AvgIpc) is 3.18. The molecule has 0 bridgehead atoms. The highest BCUT2D eigenvalue weighted by Gasteiger charge is 2.31. The van der Waals surface area contributed by atoms with Crippen LogP contribution in [0, 0.1) is 5.92 Å². The molecule has 5 nitrogen and oxygen atoms in total. The molecule has 1 N–H and O–H groups in total. The molecule has 19 heavy (non-hydrogen) atoms. The van der Waals surface area contributed by atoms with Crippen LogP contribution < -0.4 is 5.32 Å².